The summed E-state index contributed by atoms with van der Waals surface area (Å²) < 4.78 is 0. The van der Waals surface area contributed by atoms with E-state index in [2.05, 4.69) is 15.5 Å². The molecular formula is C19H25ClN4O2. The number of halogens is 1. The molecule has 2 unspecified atom stereocenters. The molecule has 4 rings (SSSR count). The third-order valence-electron chi connectivity index (χ3n) is 5.78. The quantitative estimate of drug-likeness (QED) is 0.842. The van der Waals surface area contributed by atoms with Crippen molar-refractivity contribution in [2.24, 2.45) is 0 Å². The molecule has 3 aliphatic heterocycles. The van der Waals surface area contributed by atoms with Gasteiger partial charge in [0.15, 0.2) is 0 Å². The lowest BCUT2D eigenvalue weighted by Crippen LogP contribution is -2.55. The number of nitrogens with zero attached hydrogens (tertiary/aromatic N) is 2. The van der Waals surface area contributed by atoms with Crippen molar-refractivity contribution in [2.45, 2.75) is 43.8 Å². The molecule has 0 aliphatic carbocycles. The number of hydrogen-bond donors (Lipinski definition) is 2. The van der Waals surface area contributed by atoms with Crippen molar-refractivity contribution in [3.8, 4) is 0 Å². The van der Waals surface area contributed by atoms with Crippen LogP contribution in [0.1, 0.15) is 24.8 Å². The molecule has 1 aromatic rings. The van der Waals surface area contributed by atoms with Gasteiger partial charge < -0.3 is 20.4 Å². The summed E-state index contributed by atoms with van der Waals surface area (Å²) in [5, 5.41) is 7.11. The Morgan fingerprint density at radius 1 is 1.23 bits per heavy atom. The Morgan fingerprint density at radius 2 is 2.04 bits per heavy atom. The first-order chi connectivity index (χ1) is 12.6. The highest BCUT2D eigenvalue weighted by Crippen LogP contribution is 2.28. The lowest BCUT2D eigenvalue weighted by Gasteiger charge is -2.40. The van der Waals surface area contributed by atoms with Crippen LogP contribution in [0.15, 0.2) is 24.3 Å². The van der Waals surface area contributed by atoms with Crippen LogP contribution < -0.4 is 10.6 Å². The van der Waals surface area contributed by atoms with E-state index in [1.54, 1.807) is 0 Å². The number of fused-ring (bicyclic) bond motifs is 1. The third-order valence-corrected chi connectivity index (χ3v) is 6.01. The molecule has 0 saturated carbocycles. The fourth-order valence-corrected chi connectivity index (χ4v) is 4.69. The molecule has 26 heavy (non-hydrogen) atoms. The zero-order chi connectivity index (χ0) is 18.1. The van der Waals surface area contributed by atoms with Gasteiger partial charge in [-0.15, -0.1) is 0 Å². The Balaban J connectivity index is 1.39. The second-order valence-electron chi connectivity index (χ2n) is 7.45. The van der Waals surface area contributed by atoms with Gasteiger partial charge in [-0.2, -0.15) is 0 Å². The predicted octanol–water partition coefficient (Wildman–Crippen LogP) is 1.63. The maximum Gasteiger partial charge on any atom is 0.318 e. The lowest BCUT2D eigenvalue weighted by molar-refractivity contribution is -0.132. The minimum absolute atomic E-state index is 0.0365. The highest BCUT2D eigenvalue weighted by molar-refractivity contribution is 6.30. The Hall–Kier alpha value is -1.79. The van der Waals surface area contributed by atoms with Gasteiger partial charge in [-0.3, -0.25) is 4.79 Å². The Morgan fingerprint density at radius 3 is 2.81 bits per heavy atom. The summed E-state index contributed by atoms with van der Waals surface area (Å²) >= 11 is 6.01. The van der Waals surface area contributed by atoms with Gasteiger partial charge in [-0.25, -0.2) is 4.79 Å². The number of piperidine rings is 2. The number of urea groups is 1. The standard InChI is InChI=1S/C19H25ClN4O2/c20-14-3-1-2-13(10-14)11-18(25)23-9-6-17-16(12-23)22-19(26)24(17)15-4-7-21-8-5-15/h1-3,10,15-17,21H,4-9,11-12H2,(H,22,26). The molecule has 2 atom stereocenters. The summed E-state index contributed by atoms with van der Waals surface area (Å²) in [4.78, 5) is 29.1. The first kappa shape index (κ1) is 17.6. The van der Waals surface area contributed by atoms with E-state index in [0.717, 1.165) is 37.9 Å². The van der Waals surface area contributed by atoms with Crippen molar-refractivity contribution < 1.29 is 9.59 Å². The van der Waals surface area contributed by atoms with E-state index < -0.39 is 0 Å². The van der Waals surface area contributed by atoms with Gasteiger partial charge in [0.1, 0.15) is 0 Å². The number of rotatable bonds is 3. The summed E-state index contributed by atoms with van der Waals surface area (Å²) in [6.45, 7) is 3.24. The third kappa shape index (κ3) is 3.53. The number of carbonyl (C=O) groups is 2. The maximum absolute atomic E-state index is 12.7. The Kier molecular flexibility index (Phi) is 5.05. The van der Waals surface area contributed by atoms with Gasteiger partial charge in [-0.1, -0.05) is 23.7 Å². The van der Waals surface area contributed by atoms with Gasteiger partial charge in [0.25, 0.3) is 0 Å². The van der Waals surface area contributed by atoms with E-state index in [-0.39, 0.29) is 24.0 Å². The number of hydrogen-bond acceptors (Lipinski definition) is 3. The van der Waals surface area contributed by atoms with Crippen LogP contribution in [0.5, 0.6) is 0 Å². The SMILES string of the molecule is O=C(Cc1cccc(Cl)c1)N1CCC2C(C1)NC(=O)N2C1CCNCC1. The molecule has 0 aromatic heterocycles. The van der Waals surface area contributed by atoms with Gasteiger partial charge in [0, 0.05) is 24.2 Å². The second-order valence-corrected chi connectivity index (χ2v) is 7.88. The minimum Gasteiger partial charge on any atom is -0.340 e. The van der Waals surface area contributed by atoms with Gasteiger partial charge in [0.05, 0.1) is 18.5 Å². The van der Waals surface area contributed by atoms with Gasteiger partial charge in [0.2, 0.25) is 5.91 Å². The monoisotopic (exact) mass is 376 g/mol. The lowest BCUT2D eigenvalue weighted by atomic mass is 9.95. The summed E-state index contributed by atoms with van der Waals surface area (Å²) in [5.74, 6) is 0.0975. The van der Waals surface area contributed by atoms with E-state index in [9.17, 15) is 9.59 Å². The van der Waals surface area contributed by atoms with E-state index >= 15 is 0 Å². The summed E-state index contributed by atoms with van der Waals surface area (Å²) in [7, 11) is 0. The number of benzene rings is 1. The molecule has 7 heteroatoms. The Labute approximate surface area is 158 Å². The van der Waals surface area contributed by atoms with Crippen LogP contribution in [-0.4, -0.2) is 66.0 Å². The van der Waals surface area contributed by atoms with Crippen molar-refractivity contribution in [1.29, 1.82) is 0 Å². The zero-order valence-corrected chi connectivity index (χ0v) is 15.5. The molecule has 3 saturated heterocycles. The first-order valence-corrected chi connectivity index (χ1v) is 9.81. The molecule has 0 radical (unpaired) electrons. The smallest absolute Gasteiger partial charge is 0.318 e. The minimum atomic E-state index is 0.0365. The molecule has 0 bridgehead atoms. The normalized spacial score (nSPS) is 26.6. The van der Waals surface area contributed by atoms with Crippen LogP contribution in [0.25, 0.3) is 0 Å². The molecule has 140 valence electrons. The molecule has 2 N–H and O–H groups in total. The van der Waals surface area contributed by atoms with E-state index in [1.807, 2.05) is 29.2 Å². The van der Waals surface area contributed by atoms with Crippen molar-refractivity contribution >= 4 is 23.5 Å². The fourth-order valence-electron chi connectivity index (χ4n) is 4.48. The number of likely N-dealkylation sites (tertiary alicyclic amines) is 1. The average Bonchev–Trinajstić information content (AvgIpc) is 2.97. The molecule has 3 amide bonds. The molecule has 3 fully saturated rings. The van der Waals surface area contributed by atoms with Crippen LogP contribution in [0.2, 0.25) is 5.02 Å². The van der Waals surface area contributed by atoms with Crippen LogP contribution in [0.3, 0.4) is 0 Å². The highest BCUT2D eigenvalue weighted by atomic mass is 35.5. The van der Waals surface area contributed by atoms with Crippen molar-refractivity contribution in [1.82, 2.24) is 20.4 Å². The molecule has 0 spiro atoms. The van der Waals surface area contributed by atoms with E-state index in [0.29, 0.717) is 30.6 Å². The summed E-state index contributed by atoms with van der Waals surface area (Å²) in [6, 6.07) is 8.04. The van der Waals surface area contributed by atoms with E-state index in [1.165, 1.54) is 0 Å². The van der Waals surface area contributed by atoms with E-state index in [4.69, 9.17) is 11.6 Å². The van der Waals surface area contributed by atoms with Crippen LogP contribution in [0.4, 0.5) is 4.79 Å². The predicted molar refractivity (Wildman–Crippen MR) is 100 cm³/mol. The van der Waals surface area contributed by atoms with Gasteiger partial charge in [-0.05, 0) is 50.0 Å². The molecule has 6 nitrogen and oxygen atoms in total. The summed E-state index contributed by atoms with van der Waals surface area (Å²) in [5.41, 5.74) is 0.927. The number of carbonyl (C=O) groups excluding carboxylic acids is 2. The fraction of sp³-hybridized carbons (Fsp3) is 0.579. The number of nitrogens with one attached hydrogen (secondary N) is 2. The second kappa shape index (κ2) is 7.45. The van der Waals surface area contributed by atoms with Gasteiger partial charge >= 0.3 is 6.03 Å². The van der Waals surface area contributed by atoms with Crippen molar-refractivity contribution in [3.63, 3.8) is 0 Å². The highest BCUT2D eigenvalue weighted by Gasteiger charge is 2.46. The maximum atomic E-state index is 12.7. The van der Waals surface area contributed by atoms with Crippen molar-refractivity contribution in [3.05, 3.63) is 34.9 Å². The average molecular weight is 377 g/mol. The van der Waals surface area contributed by atoms with Crippen LogP contribution in [-0.2, 0) is 11.2 Å². The zero-order valence-electron chi connectivity index (χ0n) is 14.8. The van der Waals surface area contributed by atoms with Crippen molar-refractivity contribution in [2.75, 3.05) is 26.2 Å². The molecule has 1 aromatic carbocycles. The topological polar surface area (TPSA) is 64.7 Å². The molecule has 3 aliphatic rings. The number of amides is 3. The summed E-state index contributed by atoms with van der Waals surface area (Å²) in [6.07, 6.45) is 3.21. The molecular weight excluding hydrogens is 352 g/mol. The molecule has 3 heterocycles. The Bertz CT molecular complexity index is 692. The van der Waals surface area contributed by atoms with Crippen LogP contribution >= 0.6 is 11.6 Å². The largest absolute Gasteiger partial charge is 0.340 e. The van der Waals surface area contributed by atoms with Crippen LogP contribution in [0, 0.1) is 0 Å². The first-order valence-electron chi connectivity index (χ1n) is 9.43.